The van der Waals surface area contributed by atoms with Crippen LogP contribution in [-0.4, -0.2) is 5.78 Å². The smallest absolute Gasteiger partial charge is 0.168 e. The van der Waals surface area contributed by atoms with Gasteiger partial charge in [0.2, 0.25) is 0 Å². The number of carbonyl (C=O) groups excluding carboxylic acids is 1. The number of Topliss-reactive ketones (excluding diaryl/α,β-unsaturated/α-hetero) is 1. The number of benzene rings is 1. The molecule has 1 aliphatic carbocycles. The molecule has 0 aromatic heterocycles. The summed E-state index contributed by atoms with van der Waals surface area (Å²) < 4.78 is 39.6. The molecular weight excluding hydrogens is 253 g/mol. The number of hydrogen-bond acceptors (Lipinski definition) is 1. The molecule has 0 unspecified atom stereocenters. The van der Waals surface area contributed by atoms with Gasteiger partial charge in [0.15, 0.2) is 5.78 Å². The molecular formula is C15H17F3O. The molecule has 2 rings (SSSR count). The molecule has 0 radical (unpaired) electrons. The van der Waals surface area contributed by atoms with Crippen LogP contribution in [0.2, 0.25) is 0 Å². The number of hydrogen-bond donors (Lipinski definition) is 0. The van der Waals surface area contributed by atoms with Crippen LogP contribution in [0.25, 0.3) is 0 Å². The monoisotopic (exact) mass is 270 g/mol. The molecule has 0 saturated heterocycles. The molecule has 0 heterocycles. The highest BCUT2D eigenvalue weighted by Crippen LogP contribution is 2.28. The maximum atomic E-state index is 13.4. The zero-order valence-electron chi connectivity index (χ0n) is 10.7. The maximum absolute atomic E-state index is 13.4. The van der Waals surface area contributed by atoms with Crippen molar-refractivity contribution in [3.05, 3.63) is 35.1 Å². The Morgan fingerprint density at radius 3 is 2.21 bits per heavy atom. The number of ketones is 1. The molecule has 0 bridgehead atoms. The second-order valence-electron chi connectivity index (χ2n) is 5.21. The van der Waals surface area contributed by atoms with E-state index in [-0.39, 0.29) is 6.42 Å². The summed E-state index contributed by atoms with van der Waals surface area (Å²) in [4.78, 5) is 11.8. The predicted octanol–water partition coefficient (Wildman–Crippen LogP) is 4.65. The Balaban J connectivity index is 1.99. The number of rotatable bonds is 4. The molecule has 19 heavy (non-hydrogen) atoms. The van der Waals surface area contributed by atoms with Gasteiger partial charge in [0, 0.05) is 18.6 Å². The van der Waals surface area contributed by atoms with Crippen LogP contribution in [0.4, 0.5) is 13.2 Å². The Bertz CT molecular complexity index is 441. The van der Waals surface area contributed by atoms with Crippen LogP contribution in [-0.2, 0) is 0 Å². The van der Waals surface area contributed by atoms with Crippen molar-refractivity contribution in [2.24, 2.45) is 5.92 Å². The molecule has 1 aliphatic rings. The molecule has 0 amide bonds. The third-order valence-electron chi connectivity index (χ3n) is 3.79. The van der Waals surface area contributed by atoms with E-state index in [9.17, 15) is 18.0 Å². The van der Waals surface area contributed by atoms with E-state index in [4.69, 9.17) is 0 Å². The first-order chi connectivity index (χ1) is 9.08. The van der Waals surface area contributed by atoms with Crippen molar-refractivity contribution >= 4 is 5.78 Å². The summed E-state index contributed by atoms with van der Waals surface area (Å²) in [6, 6.07) is 1.11. The molecule has 0 spiro atoms. The molecule has 0 N–H and O–H groups in total. The van der Waals surface area contributed by atoms with Crippen LogP contribution in [0.1, 0.15) is 55.3 Å². The highest BCUT2D eigenvalue weighted by molar-refractivity contribution is 5.96. The lowest BCUT2D eigenvalue weighted by atomic mass is 9.85. The SMILES string of the molecule is O=C(CCC1CCCCC1)c1c(F)cc(F)cc1F. The molecule has 1 nitrogen and oxygen atoms in total. The highest BCUT2D eigenvalue weighted by atomic mass is 19.1. The Morgan fingerprint density at radius 1 is 1.05 bits per heavy atom. The standard InChI is InChI=1S/C15H17F3O/c16-11-8-12(17)15(13(18)9-11)14(19)7-6-10-4-2-1-3-5-10/h8-10H,1-7H2. The van der Waals surface area contributed by atoms with E-state index in [2.05, 4.69) is 0 Å². The van der Waals surface area contributed by atoms with E-state index in [1.165, 1.54) is 6.42 Å². The Morgan fingerprint density at radius 2 is 1.63 bits per heavy atom. The fraction of sp³-hybridized carbons (Fsp3) is 0.533. The van der Waals surface area contributed by atoms with Gasteiger partial charge in [-0.2, -0.15) is 0 Å². The fourth-order valence-electron chi connectivity index (χ4n) is 2.74. The molecule has 1 saturated carbocycles. The van der Waals surface area contributed by atoms with Crippen molar-refractivity contribution < 1.29 is 18.0 Å². The molecule has 4 heteroatoms. The molecule has 1 fully saturated rings. The van der Waals surface area contributed by atoms with E-state index in [0.29, 0.717) is 24.5 Å². The zero-order chi connectivity index (χ0) is 13.8. The van der Waals surface area contributed by atoms with Gasteiger partial charge in [0.1, 0.15) is 17.5 Å². The minimum Gasteiger partial charge on any atom is -0.294 e. The van der Waals surface area contributed by atoms with Crippen LogP contribution < -0.4 is 0 Å². The zero-order valence-corrected chi connectivity index (χ0v) is 10.7. The maximum Gasteiger partial charge on any atom is 0.168 e. The lowest BCUT2D eigenvalue weighted by Crippen LogP contribution is -2.11. The van der Waals surface area contributed by atoms with Crippen molar-refractivity contribution in [2.75, 3.05) is 0 Å². The average molecular weight is 270 g/mol. The summed E-state index contributed by atoms with van der Waals surface area (Å²) in [7, 11) is 0. The Kier molecular flexibility index (Phi) is 4.61. The summed E-state index contributed by atoms with van der Waals surface area (Å²) in [5.41, 5.74) is -0.600. The van der Waals surface area contributed by atoms with E-state index >= 15 is 0 Å². The van der Waals surface area contributed by atoms with Gasteiger partial charge in [-0.1, -0.05) is 32.1 Å². The van der Waals surface area contributed by atoms with Crippen molar-refractivity contribution in [2.45, 2.75) is 44.9 Å². The van der Waals surface area contributed by atoms with Crippen LogP contribution in [0.15, 0.2) is 12.1 Å². The Hall–Kier alpha value is -1.32. The van der Waals surface area contributed by atoms with Crippen LogP contribution in [0.3, 0.4) is 0 Å². The minimum atomic E-state index is -1.11. The number of halogens is 3. The lowest BCUT2D eigenvalue weighted by molar-refractivity contribution is 0.0961. The van der Waals surface area contributed by atoms with Gasteiger partial charge in [0.05, 0.1) is 5.56 Å². The highest BCUT2D eigenvalue weighted by Gasteiger charge is 2.21. The molecule has 104 valence electrons. The van der Waals surface area contributed by atoms with Gasteiger partial charge < -0.3 is 0 Å². The van der Waals surface area contributed by atoms with Gasteiger partial charge in [-0.25, -0.2) is 13.2 Å². The third kappa shape index (κ3) is 3.58. The van der Waals surface area contributed by atoms with E-state index in [0.717, 1.165) is 25.7 Å². The predicted molar refractivity (Wildman–Crippen MR) is 66.5 cm³/mol. The summed E-state index contributed by atoms with van der Waals surface area (Å²) in [5, 5.41) is 0. The third-order valence-corrected chi connectivity index (χ3v) is 3.79. The van der Waals surface area contributed by atoms with E-state index < -0.39 is 28.8 Å². The summed E-state index contributed by atoms with van der Waals surface area (Å²) in [5.74, 6) is -3.30. The summed E-state index contributed by atoms with van der Waals surface area (Å²) in [6.45, 7) is 0. The minimum absolute atomic E-state index is 0.129. The number of carbonyl (C=O) groups is 1. The largest absolute Gasteiger partial charge is 0.294 e. The average Bonchev–Trinajstić information content (AvgIpc) is 2.36. The summed E-state index contributed by atoms with van der Waals surface area (Å²) in [6.07, 6.45) is 6.52. The second-order valence-corrected chi connectivity index (χ2v) is 5.21. The topological polar surface area (TPSA) is 17.1 Å². The Labute approximate surface area is 110 Å². The normalized spacial score (nSPS) is 16.6. The van der Waals surface area contributed by atoms with Gasteiger partial charge in [0.25, 0.3) is 0 Å². The first-order valence-corrected chi connectivity index (χ1v) is 6.75. The van der Waals surface area contributed by atoms with Crippen LogP contribution >= 0.6 is 0 Å². The molecule has 0 atom stereocenters. The quantitative estimate of drug-likeness (QED) is 0.728. The van der Waals surface area contributed by atoms with Gasteiger partial charge in [-0.3, -0.25) is 4.79 Å². The van der Waals surface area contributed by atoms with Crippen molar-refractivity contribution in [1.82, 2.24) is 0 Å². The van der Waals surface area contributed by atoms with Crippen molar-refractivity contribution in [3.8, 4) is 0 Å². The van der Waals surface area contributed by atoms with Crippen molar-refractivity contribution in [3.63, 3.8) is 0 Å². The van der Waals surface area contributed by atoms with Gasteiger partial charge >= 0.3 is 0 Å². The van der Waals surface area contributed by atoms with Crippen LogP contribution in [0.5, 0.6) is 0 Å². The summed E-state index contributed by atoms with van der Waals surface area (Å²) >= 11 is 0. The first-order valence-electron chi connectivity index (χ1n) is 6.75. The molecule has 1 aromatic rings. The van der Waals surface area contributed by atoms with Gasteiger partial charge in [-0.15, -0.1) is 0 Å². The molecule has 1 aromatic carbocycles. The second kappa shape index (κ2) is 6.22. The fourth-order valence-corrected chi connectivity index (χ4v) is 2.74. The van der Waals surface area contributed by atoms with E-state index in [1.54, 1.807) is 0 Å². The molecule has 0 aliphatic heterocycles. The lowest BCUT2D eigenvalue weighted by Gasteiger charge is -2.20. The van der Waals surface area contributed by atoms with E-state index in [1.807, 2.05) is 0 Å². The van der Waals surface area contributed by atoms with Gasteiger partial charge in [-0.05, 0) is 12.3 Å². The van der Waals surface area contributed by atoms with Crippen LogP contribution in [0, 0.1) is 23.4 Å². The van der Waals surface area contributed by atoms with Crippen molar-refractivity contribution in [1.29, 1.82) is 0 Å². The first kappa shape index (κ1) is 14.1.